The van der Waals surface area contributed by atoms with Crippen LogP contribution in [0.2, 0.25) is 5.02 Å². The topological polar surface area (TPSA) is 52.1 Å². The highest BCUT2D eigenvalue weighted by Gasteiger charge is 2.53. The van der Waals surface area contributed by atoms with E-state index in [0.717, 1.165) is 12.8 Å². The van der Waals surface area contributed by atoms with Gasteiger partial charge in [-0.1, -0.05) is 27.5 Å². The van der Waals surface area contributed by atoms with Gasteiger partial charge in [0, 0.05) is 12.4 Å². The highest BCUT2D eigenvalue weighted by Crippen LogP contribution is 2.51. The van der Waals surface area contributed by atoms with Crippen LogP contribution in [0.4, 0.5) is 0 Å². The molecule has 1 aliphatic rings. The lowest BCUT2D eigenvalue weighted by Gasteiger charge is -2.23. The Labute approximate surface area is 113 Å². The van der Waals surface area contributed by atoms with Crippen molar-refractivity contribution in [2.24, 2.45) is 5.92 Å². The maximum Gasteiger partial charge on any atom is 0.331 e. The summed E-state index contributed by atoms with van der Waals surface area (Å²) in [5.41, 5.74) is 0. The molecule has 2 rings (SSSR count). The first-order valence-corrected chi connectivity index (χ1v) is 6.60. The molecule has 1 atom stereocenters. The third kappa shape index (κ3) is 2.45. The van der Waals surface area contributed by atoms with Crippen LogP contribution < -0.4 is 0 Å². The van der Waals surface area contributed by atoms with Gasteiger partial charge in [0.05, 0.1) is 11.6 Å². The van der Waals surface area contributed by atoms with Gasteiger partial charge in [0.2, 0.25) is 0 Å². The van der Waals surface area contributed by atoms with Gasteiger partial charge in [-0.15, -0.1) is 0 Å². The van der Waals surface area contributed by atoms with Gasteiger partial charge in [0.15, 0.2) is 10.1 Å². The first-order valence-electron chi connectivity index (χ1n) is 5.43. The van der Waals surface area contributed by atoms with Gasteiger partial charge in [0.25, 0.3) is 0 Å². The predicted molar refractivity (Wildman–Crippen MR) is 67.0 cm³/mol. The van der Waals surface area contributed by atoms with Crippen LogP contribution in [-0.2, 0) is 13.9 Å². The van der Waals surface area contributed by atoms with E-state index in [1.54, 1.807) is 6.92 Å². The van der Waals surface area contributed by atoms with Crippen molar-refractivity contribution in [1.29, 1.82) is 0 Å². The summed E-state index contributed by atoms with van der Waals surface area (Å²) in [6.07, 6.45) is 4.91. The Morgan fingerprint density at radius 3 is 2.65 bits per heavy atom. The van der Waals surface area contributed by atoms with Gasteiger partial charge < -0.3 is 4.74 Å². The van der Waals surface area contributed by atoms with Crippen molar-refractivity contribution in [3.63, 3.8) is 0 Å². The molecule has 1 fully saturated rings. The number of carbonyl (C=O) groups is 1. The van der Waals surface area contributed by atoms with E-state index < -0.39 is 4.32 Å². The Morgan fingerprint density at radius 1 is 1.59 bits per heavy atom. The number of ether oxygens (including phenoxy) is 1. The number of hydrogen-bond donors (Lipinski definition) is 0. The molecule has 1 aliphatic carbocycles. The molecule has 6 heteroatoms. The Kier molecular flexibility index (Phi) is 3.68. The fourth-order valence-electron chi connectivity index (χ4n) is 1.66. The normalized spacial score (nSPS) is 18.5. The van der Waals surface area contributed by atoms with Crippen molar-refractivity contribution in [1.82, 2.24) is 9.97 Å². The lowest BCUT2D eigenvalue weighted by molar-refractivity contribution is -0.147. The summed E-state index contributed by atoms with van der Waals surface area (Å²) in [4.78, 5) is 20.3. The molecule has 0 saturated heterocycles. The molecule has 1 aromatic heterocycles. The van der Waals surface area contributed by atoms with Crippen LogP contribution in [0.5, 0.6) is 0 Å². The molecule has 0 N–H and O–H groups in total. The highest BCUT2D eigenvalue weighted by molar-refractivity contribution is 9.10. The fraction of sp³-hybridized carbons (Fsp3) is 0.545. The summed E-state index contributed by atoms with van der Waals surface area (Å²) in [7, 11) is 0. The van der Waals surface area contributed by atoms with E-state index in [9.17, 15) is 4.79 Å². The van der Waals surface area contributed by atoms with Gasteiger partial charge >= 0.3 is 5.97 Å². The van der Waals surface area contributed by atoms with Crippen LogP contribution in [-0.4, -0.2) is 22.5 Å². The quantitative estimate of drug-likeness (QED) is 0.632. The largest absolute Gasteiger partial charge is 0.465 e. The molecule has 17 heavy (non-hydrogen) atoms. The summed E-state index contributed by atoms with van der Waals surface area (Å²) in [5.74, 6) is 0.287. The Hall–Kier alpha value is -0.680. The van der Waals surface area contributed by atoms with Crippen molar-refractivity contribution >= 4 is 33.5 Å². The van der Waals surface area contributed by atoms with Gasteiger partial charge in [-0.3, -0.25) is 4.79 Å². The van der Waals surface area contributed by atoms with Crippen molar-refractivity contribution in [2.45, 2.75) is 24.1 Å². The van der Waals surface area contributed by atoms with Crippen molar-refractivity contribution in [2.75, 3.05) is 6.61 Å². The minimum Gasteiger partial charge on any atom is -0.465 e. The SMILES string of the molecule is CCOC(=O)[C@](Br)(c1ncc(Cl)cn1)C1CC1. The first-order chi connectivity index (χ1) is 8.09. The second-order valence-electron chi connectivity index (χ2n) is 3.93. The van der Waals surface area contributed by atoms with E-state index in [1.165, 1.54) is 12.4 Å². The lowest BCUT2D eigenvalue weighted by Crippen LogP contribution is -2.35. The zero-order valence-electron chi connectivity index (χ0n) is 9.32. The van der Waals surface area contributed by atoms with Crippen molar-refractivity contribution in [3.8, 4) is 0 Å². The summed E-state index contributed by atoms with van der Waals surface area (Å²) in [6.45, 7) is 2.12. The first kappa shape index (κ1) is 12.8. The Bertz CT molecular complexity index is 422. The van der Waals surface area contributed by atoms with Crippen molar-refractivity contribution < 1.29 is 9.53 Å². The third-order valence-corrected chi connectivity index (χ3v) is 4.18. The summed E-state index contributed by atoms with van der Waals surface area (Å²) >= 11 is 9.21. The van der Waals surface area contributed by atoms with Crippen molar-refractivity contribution in [3.05, 3.63) is 23.2 Å². The molecule has 0 aromatic carbocycles. The standard InChI is InChI=1S/C11H12BrClN2O2/c1-2-17-10(16)11(12,7-3-4-7)9-14-5-8(13)6-15-9/h5-7H,2-4H2,1H3/t11-/m1/s1. The summed E-state index contributed by atoms with van der Waals surface area (Å²) < 4.78 is 4.17. The van der Waals surface area contributed by atoms with E-state index in [4.69, 9.17) is 16.3 Å². The molecule has 0 bridgehead atoms. The maximum atomic E-state index is 12.0. The lowest BCUT2D eigenvalue weighted by atomic mass is 10.0. The molecule has 1 saturated carbocycles. The van der Waals surface area contributed by atoms with Gasteiger partial charge in [-0.05, 0) is 25.7 Å². The Morgan fingerprint density at radius 2 is 2.18 bits per heavy atom. The molecular formula is C11H12BrClN2O2. The van der Waals surface area contributed by atoms with E-state index in [-0.39, 0.29) is 11.9 Å². The summed E-state index contributed by atoms with van der Waals surface area (Å²) in [6, 6.07) is 0. The maximum absolute atomic E-state index is 12.0. The number of nitrogens with zero attached hydrogens (tertiary/aromatic N) is 2. The van der Waals surface area contributed by atoms with Gasteiger partial charge in [0.1, 0.15) is 0 Å². The highest BCUT2D eigenvalue weighted by atomic mass is 79.9. The average Bonchev–Trinajstić information content (AvgIpc) is 3.13. The second kappa shape index (κ2) is 4.90. The third-order valence-electron chi connectivity index (χ3n) is 2.66. The average molecular weight is 320 g/mol. The molecule has 0 amide bonds. The van der Waals surface area contributed by atoms with E-state index in [2.05, 4.69) is 25.9 Å². The number of hydrogen-bond acceptors (Lipinski definition) is 4. The van der Waals surface area contributed by atoms with Crippen LogP contribution in [0.1, 0.15) is 25.6 Å². The number of aromatic nitrogens is 2. The number of carbonyl (C=O) groups excluding carboxylic acids is 1. The number of halogens is 2. The minimum atomic E-state index is -0.923. The zero-order valence-corrected chi connectivity index (χ0v) is 11.7. The molecular weight excluding hydrogens is 307 g/mol. The smallest absolute Gasteiger partial charge is 0.331 e. The molecule has 4 nitrogen and oxygen atoms in total. The zero-order chi connectivity index (χ0) is 12.5. The predicted octanol–water partition coefficient (Wildman–Crippen LogP) is 2.69. The van der Waals surface area contributed by atoms with E-state index >= 15 is 0 Å². The number of rotatable bonds is 4. The fourth-order valence-corrected chi connectivity index (χ4v) is 2.53. The molecule has 1 heterocycles. The molecule has 0 aliphatic heterocycles. The van der Waals surface area contributed by atoms with E-state index in [0.29, 0.717) is 17.5 Å². The van der Waals surface area contributed by atoms with Crippen LogP contribution in [0, 0.1) is 5.92 Å². The summed E-state index contributed by atoms with van der Waals surface area (Å²) in [5, 5.41) is 0.447. The molecule has 1 aromatic rings. The molecule has 0 spiro atoms. The minimum absolute atomic E-state index is 0.197. The van der Waals surface area contributed by atoms with Crippen LogP contribution in [0.3, 0.4) is 0 Å². The van der Waals surface area contributed by atoms with E-state index in [1.807, 2.05) is 0 Å². The Balaban J connectivity index is 2.33. The molecule has 0 unspecified atom stereocenters. The molecule has 92 valence electrons. The van der Waals surface area contributed by atoms with Gasteiger partial charge in [-0.2, -0.15) is 0 Å². The second-order valence-corrected chi connectivity index (χ2v) is 5.62. The molecule has 0 radical (unpaired) electrons. The van der Waals surface area contributed by atoms with Crippen LogP contribution >= 0.6 is 27.5 Å². The number of alkyl halides is 1. The number of esters is 1. The monoisotopic (exact) mass is 318 g/mol. The van der Waals surface area contributed by atoms with Crippen LogP contribution in [0.15, 0.2) is 12.4 Å². The van der Waals surface area contributed by atoms with Crippen LogP contribution in [0.25, 0.3) is 0 Å². The van der Waals surface area contributed by atoms with Gasteiger partial charge in [-0.25, -0.2) is 9.97 Å².